The number of anilines is 3. The Morgan fingerprint density at radius 1 is 0.230 bits per heavy atom. The fraction of sp³-hybridized carbons (Fsp3) is 0. The lowest BCUT2D eigenvalue weighted by Crippen LogP contribution is -2.86. The number of rotatable bonds is 14. The Kier molecular flexibility index (Phi) is 15.4. The molecule has 3 aromatic heterocycles. The minimum absolute atomic E-state index is 0.314. The molecule has 17 aromatic rings. The summed E-state index contributed by atoms with van der Waals surface area (Å²) in [7, 11) is 0. The van der Waals surface area contributed by atoms with Crippen molar-refractivity contribution in [2.45, 2.75) is 0 Å². The molecular weight excluding hydrogens is 1220 g/mol. The molecule has 18 rings (SSSR count). The number of aromatic nitrogens is 6. The summed E-state index contributed by atoms with van der Waals surface area (Å²) < 4.78 is 12.4. The standard InChI is InChI=1S/C88H62B3N9/c1-10-34-63(35-11-1)80-82(65-38-14-3-15-39-65)85(83(66-40-16-4-17-41-66)81(64-36-12-2-13-37-64)84(80)67-42-33-55-75(61-67)96-78-58-30-31-59-79(78)97-77-57-29-28-56-76(77)94-88(96)97)87-93-62-92-86(95-87)68-43-32-48-71(60-68)91-99(73-51-24-8-25-52-73)89(69-44-18-5-19-45-69)98(72-49-22-7-23-50-72)90(70-46-20-6-21-47-70)100(91)74-53-26-9-27-54-74/h1-62H. The highest BCUT2D eigenvalue weighted by Gasteiger charge is 2.56. The first-order chi connectivity index (χ1) is 49.7. The molecule has 0 bridgehead atoms. The van der Waals surface area contributed by atoms with Gasteiger partial charge in [-0.25, -0.2) is 19.9 Å². The Morgan fingerprint density at radius 2 is 0.570 bits per heavy atom. The maximum absolute atomic E-state index is 5.83. The number of hydrogen-bond acceptors (Lipinski definition) is 7. The molecule has 0 radical (unpaired) electrons. The van der Waals surface area contributed by atoms with Crippen molar-refractivity contribution in [2.75, 3.05) is 14.2 Å². The summed E-state index contributed by atoms with van der Waals surface area (Å²) in [6, 6.07) is 133. The molecule has 0 unspecified atom stereocenters. The Bertz CT molecular complexity index is 5560. The molecule has 0 saturated carbocycles. The highest BCUT2D eigenvalue weighted by molar-refractivity contribution is 7.14. The van der Waals surface area contributed by atoms with Crippen LogP contribution < -0.4 is 30.6 Å². The van der Waals surface area contributed by atoms with Gasteiger partial charge in [0, 0.05) is 45.0 Å². The van der Waals surface area contributed by atoms with Gasteiger partial charge in [0.1, 0.15) is 6.33 Å². The average molecular weight is 1280 g/mol. The molecule has 1 saturated heterocycles. The summed E-state index contributed by atoms with van der Waals surface area (Å²) in [5.74, 6) is 1.92. The van der Waals surface area contributed by atoms with Gasteiger partial charge in [-0.15, -0.1) is 0 Å². The molecule has 0 N–H and O–H groups in total. The Morgan fingerprint density at radius 3 is 1.06 bits per heavy atom. The summed E-state index contributed by atoms with van der Waals surface area (Å²) in [6.07, 6.45) is 1.71. The molecule has 0 atom stereocenters. The molecular formula is C88H62B3N9. The van der Waals surface area contributed by atoms with Crippen LogP contribution in [-0.4, -0.2) is 49.9 Å². The largest absolute Gasteiger partial charge is 0.416 e. The van der Waals surface area contributed by atoms with E-state index >= 15 is 0 Å². The molecule has 468 valence electrons. The van der Waals surface area contributed by atoms with Crippen molar-refractivity contribution in [3.63, 3.8) is 0 Å². The smallest absolute Gasteiger partial charge is 0.388 e. The molecule has 0 aliphatic carbocycles. The fourth-order valence-electron chi connectivity index (χ4n) is 15.3. The van der Waals surface area contributed by atoms with Crippen LogP contribution in [0.1, 0.15) is 0 Å². The molecule has 12 heteroatoms. The third kappa shape index (κ3) is 10.5. The van der Waals surface area contributed by atoms with E-state index in [-0.39, 0.29) is 14.0 Å². The molecule has 1 fully saturated rings. The van der Waals surface area contributed by atoms with Gasteiger partial charge in [-0.3, -0.25) is 8.97 Å². The first kappa shape index (κ1) is 59.4. The quantitative estimate of drug-likeness (QED) is 0.100. The summed E-state index contributed by atoms with van der Waals surface area (Å²) in [4.78, 5) is 21.8. The van der Waals surface area contributed by atoms with Gasteiger partial charge >= 0.3 is 20.9 Å². The van der Waals surface area contributed by atoms with E-state index in [9.17, 15) is 0 Å². The molecule has 9 nitrogen and oxygen atoms in total. The van der Waals surface area contributed by atoms with Gasteiger partial charge in [0.2, 0.25) is 5.78 Å². The van der Waals surface area contributed by atoms with Crippen LogP contribution in [0.5, 0.6) is 0 Å². The molecule has 0 amide bonds. The number of para-hydroxylation sites is 7. The maximum Gasteiger partial charge on any atom is 0.388 e. The first-order valence-corrected chi connectivity index (χ1v) is 34.0. The predicted octanol–water partition coefficient (Wildman–Crippen LogP) is 18.3. The van der Waals surface area contributed by atoms with E-state index < -0.39 is 6.98 Å². The monoisotopic (exact) mass is 1280 g/mol. The molecule has 1 aliphatic heterocycles. The van der Waals surface area contributed by atoms with E-state index in [0.717, 1.165) is 134 Å². The van der Waals surface area contributed by atoms with Gasteiger partial charge in [0.25, 0.3) is 0 Å². The number of nitrogens with zero attached hydrogens (tertiary/aromatic N) is 9. The zero-order valence-electron chi connectivity index (χ0n) is 54.6. The van der Waals surface area contributed by atoms with Crippen LogP contribution in [0.4, 0.5) is 17.1 Å². The second-order valence-electron chi connectivity index (χ2n) is 25.3. The number of imidazole rings is 2. The lowest BCUT2D eigenvalue weighted by molar-refractivity contribution is 1.07. The minimum atomic E-state index is -0.412. The van der Waals surface area contributed by atoms with E-state index in [1.807, 2.05) is 0 Å². The minimum Gasteiger partial charge on any atom is -0.416 e. The van der Waals surface area contributed by atoms with Crippen molar-refractivity contribution in [3.8, 4) is 84.1 Å². The van der Waals surface area contributed by atoms with Crippen LogP contribution in [-0.2, 0) is 0 Å². The van der Waals surface area contributed by atoms with E-state index in [1.54, 1.807) is 6.33 Å². The maximum atomic E-state index is 5.83. The second kappa shape index (κ2) is 25.8. The average Bonchev–Trinajstić information content (AvgIpc) is 1.26. The zero-order valence-corrected chi connectivity index (χ0v) is 54.6. The van der Waals surface area contributed by atoms with Crippen molar-refractivity contribution < 1.29 is 0 Å². The predicted molar refractivity (Wildman–Crippen MR) is 417 cm³/mol. The van der Waals surface area contributed by atoms with Gasteiger partial charge in [-0.1, -0.05) is 297 Å². The van der Waals surface area contributed by atoms with Crippen LogP contribution in [0.15, 0.2) is 376 Å². The highest BCUT2D eigenvalue weighted by atomic mass is 15.3. The van der Waals surface area contributed by atoms with Crippen LogP contribution >= 0.6 is 0 Å². The van der Waals surface area contributed by atoms with Gasteiger partial charge in [-0.05, 0) is 134 Å². The van der Waals surface area contributed by atoms with Crippen LogP contribution in [0, 0.1) is 0 Å². The lowest BCUT2D eigenvalue weighted by Gasteiger charge is -2.57. The normalized spacial score (nSPS) is 12.5. The van der Waals surface area contributed by atoms with E-state index in [0.29, 0.717) is 11.6 Å². The third-order valence-corrected chi connectivity index (χ3v) is 19.4. The summed E-state index contributed by atoms with van der Waals surface area (Å²) >= 11 is 0. The van der Waals surface area contributed by atoms with Gasteiger partial charge in [0.15, 0.2) is 11.6 Å². The highest BCUT2D eigenvalue weighted by Crippen LogP contribution is 2.56. The van der Waals surface area contributed by atoms with E-state index in [1.165, 1.54) is 0 Å². The van der Waals surface area contributed by atoms with Crippen molar-refractivity contribution in [1.82, 2.24) is 28.9 Å². The summed E-state index contributed by atoms with van der Waals surface area (Å²) in [5.41, 5.74) is 23.7. The Hall–Kier alpha value is -13.0. The van der Waals surface area contributed by atoms with Crippen molar-refractivity contribution in [1.29, 1.82) is 0 Å². The molecule has 0 spiro atoms. The fourth-order valence-corrected chi connectivity index (χ4v) is 15.3. The van der Waals surface area contributed by atoms with Crippen LogP contribution in [0.25, 0.3) is 112 Å². The zero-order chi connectivity index (χ0) is 66.3. The number of benzene rings is 14. The van der Waals surface area contributed by atoms with Crippen LogP contribution in [0.3, 0.4) is 0 Å². The molecule has 100 heavy (non-hydrogen) atoms. The van der Waals surface area contributed by atoms with Crippen molar-refractivity contribution in [3.05, 3.63) is 376 Å². The van der Waals surface area contributed by atoms with E-state index in [4.69, 9.17) is 19.9 Å². The number of hydrogen-bond donors (Lipinski definition) is 0. The van der Waals surface area contributed by atoms with Gasteiger partial charge in [-0.2, -0.15) is 0 Å². The SMILES string of the molecule is c1ccc(B2N(c3ccccc3)B(c3ccccc3)N(c3ccccc3)B(c3cccc(-c4ncnc(-c5c(-c6ccccc6)c(-c6ccccc6)c(-c6cccc(-n7c8ccccc8n8c9ccccc9nc78)c6)c(-c6ccccc6)c5-c5ccccc5)n4)c3)N2c2ccccc2)cc1. The Labute approximate surface area is 582 Å². The second-order valence-corrected chi connectivity index (χ2v) is 25.3. The summed E-state index contributed by atoms with van der Waals surface area (Å²) in [5, 5.41) is 0. The molecule has 4 heterocycles. The molecule has 1 aliphatic rings. The van der Waals surface area contributed by atoms with Crippen LogP contribution in [0.2, 0.25) is 0 Å². The first-order valence-electron chi connectivity index (χ1n) is 34.0. The third-order valence-electron chi connectivity index (χ3n) is 19.4. The van der Waals surface area contributed by atoms with Gasteiger partial charge < -0.3 is 14.2 Å². The number of fused-ring (bicyclic) bond motifs is 5. The van der Waals surface area contributed by atoms with Gasteiger partial charge in [0.05, 0.1) is 22.1 Å². The van der Waals surface area contributed by atoms with E-state index in [2.05, 4.69) is 393 Å². The lowest BCUT2D eigenvalue weighted by atomic mass is 9.37. The Balaban J connectivity index is 0.897. The van der Waals surface area contributed by atoms with Crippen molar-refractivity contribution in [2.24, 2.45) is 0 Å². The molecule has 14 aromatic carbocycles. The topological polar surface area (TPSA) is 70.6 Å². The summed E-state index contributed by atoms with van der Waals surface area (Å²) in [6.45, 7) is -1.04. The van der Waals surface area contributed by atoms with Crippen molar-refractivity contribution >= 4 is 82.2 Å².